The summed E-state index contributed by atoms with van der Waals surface area (Å²) in [6, 6.07) is -0.395. The third kappa shape index (κ3) is 3.28. The Balaban J connectivity index is 2.20. The average molecular weight is 357 g/mol. The fourth-order valence-electron chi connectivity index (χ4n) is 2.56. The minimum absolute atomic E-state index is 0.0115. The molecule has 2 heterocycles. The second-order valence-corrected chi connectivity index (χ2v) is 6.08. The summed E-state index contributed by atoms with van der Waals surface area (Å²) >= 11 is 3.55. The smallest absolute Gasteiger partial charge is 0.245 e. The molecule has 1 N–H and O–H groups in total. The molecule has 0 bridgehead atoms. The van der Waals surface area contributed by atoms with Crippen molar-refractivity contribution in [3.8, 4) is 0 Å². The Labute approximate surface area is 133 Å². The molecular weight excluding hydrogens is 336 g/mol. The first-order valence-electron chi connectivity index (χ1n) is 7.26. The molecule has 1 aromatic rings. The van der Waals surface area contributed by atoms with E-state index in [0.717, 1.165) is 28.7 Å². The fraction of sp³-hybridized carbons (Fsp3) is 0.643. The van der Waals surface area contributed by atoms with Crippen LogP contribution in [-0.2, 0) is 29.6 Å². The Kier molecular flexibility index (Phi) is 5.03. The number of hydrogen-bond acceptors (Lipinski definition) is 3. The summed E-state index contributed by atoms with van der Waals surface area (Å²) in [4.78, 5) is 25.8. The minimum Gasteiger partial charge on any atom is -0.343 e. The van der Waals surface area contributed by atoms with Gasteiger partial charge < -0.3 is 10.2 Å². The zero-order valence-electron chi connectivity index (χ0n) is 12.6. The van der Waals surface area contributed by atoms with Crippen molar-refractivity contribution in [2.45, 2.75) is 45.7 Å². The lowest BCUT2D eigenvalue weighted by Gasteiger charge is -2.32. The van der Waals surface area contributed by atoms with E-state index in [-0.39, 0.29) is 18.4 Å². The maximum absolute atomic E-state index is 12.4. The number of nitrogens with one attached hydrogen (secondary N) is 1. The topological polar surface area (TPSA) is 67.2 Å². The van der Waals surface area contributed by atoms with Crippen LogP contribution in [0.3, 0.4) is 0 Å². The predicted octanol–water partition coefficient (Wildman–Crippen LogP) is 1.37. The summed E-state index contributed by atoms with van der Waals surface area (Å²) < 4.78 is 2.70. The predicted molar refractivity (Wildman–Crippen MR) is 82.5 cm³/mol. The Morgan fingerprint density at radius 3 is 2.67 bits per heavy atom. The molecule has 0 saturated carbocycles. The number of rotatable bonds is 5. The molecule has 6 nitrogen and oxygen atoms in total. The molecule has 0 aliphatic carbocycles. The first kappa shape index (κ1) is 16.0. The zero-order chi connectivity index (χ0) is 15.6. The Morgan fingerprint density at radius 1 is 1.38 bits per heavy atom. The van der Waals surface area contributed by atoms with E-state index in [0.29, 0.717) is 13.0 Å². The largest absolute Gasteiger partial charge is 0.343 e. The van der Waals surface area contributed by atoms with Crippen LogP contribution in [0, 0.1) is 0 Å². The molecule has 0 radical (unpaired) electrons. The lowest BCUT2D eigenvalue weighted by molar-refractivity contribution is -0.145. The van der Waals surface area contributed by atoms with Gasteiger partial charge in [-0.2, -0.15) is 5.10 Å². The lowest BCUT2D eigenvalue weighted by Crippen LogP contribution is -2.57. The van der Waals surface area contributed by atoms with Gasteiger partial charge in [-0.05, 0) is 28.8 Å². The van der Waals surface area contributed by atoms with Gasteiger partial charge in [0.2, 0.25) is 11.8 Å². The number of hydrogen-bond donors (Lipinski definition) is 1. The maximum atomic E-state index is 12.4. The van der Waals surface area contributed by atoms with Crippen LogP contribution in [0.1, 0.15) is 38.1 Å². The molecule has 2 rings (SSSR count). The van der Waals surface area contributed by atoms with Crippen molar-refractivity contribution >= 4 is 27.7 Å². The molecule has 2 amide bonds. The van der Waals surface area contributed by atoms with E-state index >= 15 is 0 Å². The second-order valence-electron chi connectivity index (χ2n) is 5.29. The van der Waals surface area contributed by atoms with Crippen molar-refractivity contribution in [3.63, 3.8) is 0 Å². The van der Waals surface area contributed by atoms with Crippen LogP contribution < -0.4 is 5.32 Å². The third-order valence-corrected chi connectivity index (χ3v) is 4.62. The van der Waals surface area contributed by atoms with E-state index in [1.165, 1.54) is 0 Å². The highest BCUT2D eigenvalue weighted by Crippen LogP contribution is 2.23. The first-order valence-corrected chi connectivity index (χ1v) is 8.05. The molecule has 116 valence electrons. The molecule has 1 aliphatic rings. The maximum Gasteiger partial charge on any atom is 0.245 e. The van der Waals surface area contributed by atoms with Crippen LogP contribution in [0.4, 0.5) is 0 Å². The number of carbonyl (C=O) groups excluding carboxylic acids is 2. The SMILES string of the molecule is CCCC1NC(=O)CN(Cc2c(Br)c(CC)nn2C)C1=O. The van der Waals surface area contributed by atoms with Crippen molar-refractivity contribution in [2.75, 3.05) is 6.54 Å². The van der Waals surface area contributed by atoms with Gasteiger partial charge in [-0.3, -0.25) is 14.3 Å². The molecular formula is C14H21BrN4O2. The molecule has 21 heavy (non-hydrogen) atoms. The van der Waals surface area contributed by atoms with Crippen LogP contribution in [0.2, 0.25) is 0 Å². The number of carbonyl (C=O) groups is 2. The second kappa shape index (κ2) is 6.60. The molecule has 1 aliphatic heterocycles. The van der Waals surface area contributed by atoms with Gasteiger partial charge >= 0.3 is 0 Å². The summed E-state index contributed by atoms with van der Waals surface area (Å²) in [5.74, 6) is -0.107. The Morgan fingerprint density at radius 2 is 2.10 bits per heavy atom. The third-order valence-electron chi connectivity index (χ3n) is 3.70. The van der Waals surface area contributed by atoms with Crippen LogP contribution in [0.15, 0.2) is 4.47 Å². The van der Waals surface area contributed by atoms with Crippen LogP contribution in [0.25, 0.3) is 0 Å². The number of piperazine rings is 1. The molecule has 1 atom stereocenters. The van der Waals surface area contributed by atoms with E-state index in [2.05, 4.69) is 26.3 Å². The van der Waals surface area contributed by atoms with E-state index in [1.807, 2.05) is 20.9 Å². The van der Waals surface area contributed by atoms with Gasteiger partial charge in [-0.1, -0.05) is 20.3 Å². The van der Waals surface area contributed by atoms with Gasteiger partial charge in [-0.15, -0.1) is 0 Å². The molecule has 1 aromatic heterocycles. The van der Waals surface area contributed by atoms with Gasteiger partial charge in [0.15, 0.2) is 0 Å². The van der Waals surface area contributed by atoms with Gasteiger partial charge in [-0.25, -0.2) is 0 Å². The number of nitrogens with zero attached hydrogens (tertiary/aromatic N) is 3. The number of halogens is 1. The summed E-state index contributed by atoms with van der Waals surface area (Å²) in [6.45, 7) is 4.55. The van der Waals surface area contributed by atoms with Gasteiger partial charge in [0.05, 0.1) is 22.4 Å². The van der Waals surface area contributed by atoms with Crippen LogP contribution in [0.5, 0.6) is 0 Å². The summed E-state index contributed by atoms with van der Waals surface area (Å²) in [5.41, 5.74) is 1.89. The van der Waals surface area contributed by atoms with Gasteiger partial charge in [0, 0.05) is 7.05 Å². The number of aromatic nitrogens is 2. The molecule has 7 heteroatoms. The standard InChI is InChI=1S/C14H21BrN4O2/c1-4-6-10-14(21)19(8-12(20)16-10)7-11-13(15)9(5-2)17-18(11)3/h10H,4-8H2,1-3H3,(H,16,20). The summed E-state index contributed by atoms with van der Waals surface area (Å²) in [7, 11) is 1.86. The van der Waals surface area contributed by atoms with Gasteiger partial charge in [0.1, 0.15) is 12.6 Å². The van der Waals surface area contributed by atoms with E-state index in [9.17, 15) is 9.59 Å². The number of amides is 2. The summed E-state index contributed by atoms with van der Waals surface area (Å²) in [5, 5.41) is 7.19. The van der Waals surface area contributed by atoms with Crippen molar-refractivity contribution in [1.29, 1.82) is 0 Å². The Hall–Kier alpha value is -1.37. The zero-order valence-corrected chi connectivity index (χ0v) is 14.2. The molecule has 0 spiro atoms. The van der Waals surface area contributed by atoms with E-state index in [1.54, 1.807) is 9.58 Å². The quantitative estimate of drug-likeness (QED) is 0.866. The fourth-order valence-corrected chi connectivity index (χ4v) is 3.31. The molecule has 1 saturated heterocycles. The summed E-state index contributed by atoms with van der Waals surface area (Å²) in [6.07, 6.45) is 2.36. The monoisotopic (exact) mass is 356 g/mol. The van der Waals surface area contributed by atoms with E-state index in [4.69, 9.17) is 0 Å². The molecule has 1 unspecified atom stereocenters. The Bertz CT molecular complexity index is 555. The van der Waals surface area contributed by atoms with Crippen molar-refractivity contribution in [3.05, 3.63) is 15.9 Å². The molecule has 0 aromatic carbocycles. The first-order chi connectivity index (χ1) is 9.97. The highest BCUT2D eigenvalue weighted by molar-refractivity contribution is 9.10. The molecule has 1 fully saturated rings. The average Bonchev–Trinajstić information content (AvgIpc) is 2.71. The van der Waals surface area contributed by atoms with E-state index < -0.39 is 6.04 Å². The van der Waals surface area contributed by atoms with Crippen molar-refractivity contribution < 1.29 is 9.59 Å². The number of aryl methyl sites for hydroxylation is 2. The van der Waals surface area contributed by atoms with Gasteiger partial charge in [0.25, 0.3) is 0 Å². The minimum atomic E-state index is -0.395. The van der Waals surface area contributed by atoms with Crippen molar-refractivity contribution in [1.82, 2.24) is 20.0 Å². The van der Waals surface area contributed by atoms with Crippen LogP contribution >= 0.6 is 15.9 Å². The lowest BCUT2D eigenvalue weighted by atomic mass is 10.1. The normalized spacial score (nSPS) is 19.0. The highest BCUT2D eigenvalue weighted by atomic mass is 79.9. The highest BCUT2D eigenvalue weighted by Gasteiger charge is 2.32. The van der Waals surface area contributed by atoms with Crippen molar-refractivity contribution in [2.24, 2.45) is 7.05 Å². The van der Waals surface area contributed by atoms with Crippen LogP contribution in [-0.4, -0.2) is 39.1 Å².